The van der Waals surface area contributed by atoms with E-state index in [1.807, 2.05) is 6.26 Å². The van der Waals surface area contributed by atoms with Crippen molar-refractivity contribution in [3.63, 3.8) is 0 Å². The lowest BCUT2D eigenvalue weighted by Gasteiger charge is -1.91. The van der Waals surface area contributed by atoms with Crippen LogP contribution >= 0.6 is 36.4 Å². The zero-order valence-corrected chi connectivity index (χ0v) is 7.17. The van der Waals surface area contributed by atoms with E-state index in [4.69, 9.17) is 18.0 Å². The number of hydrogen-bond donors (Lipinski definition) is 1. The molecule has 0 saturated carbocycles. The molecule has 1 nitrogen and oxygen atoms in total. The number of thioether (sulfide) groups is 1. The van der Waals surface area contributed by atoms with Crippen LogP contribution in [0.2, 0.25) is 0 Å². The zero-order chi connectivity index (χ0) is 5.70. The summed E-state index contributed by atoms with van der Waals surface area (Å²) in [6.07, 6.45) is 2.84. The maximum atomic E-state index is 5.20. The minimum Gasteiger partial charge on any atom is -0.330 e. The summed E-state index contributed by atoms with van der Waals surface area (Å²) in [5, 5.41) is 0. The van der Waals surface area contributed by atoms with Crippen LogP contribution in [0.3, 0.4) is 0 Å². The summed E-state index contributed by atoms with van der Waals surface area (Å²) in [7, 11) is 0. The fourth-order valence-corrected chi connectivity index (χ4v) is 0.660. The first-order valence-corrected chi connectivity index (χ1v) is 3.71. The Kier molecular flexibility index (Phi) is 11.0. The predicted molar refractivity (Wildman–Crippen MR) is 47.0 cm³/mol. The van der Waals surface area contributed by atoms with Crippen LogP contribution in [0.5, 0.6) is 0 Å². The van der Waals surface area contributed by atoms with Crippen LogP contribution < -0.4 is 5.73 Å². The highest BCUT2D eigenvalue weighted by atomic mass is 35.5. The Morgan fingerprint density at radius 3 is 2.38 bits per heavy atom. The van der Waals surface area contributed by atoms with E-state index in [2.05, 4.69) is 0 Å². The second-order valence-corrected chi connectivity index (χ2v) is 2.77. The summed E-state index contributed by atoms with van der Waals surface area (Å²) < 4.78 is 1.00. The zero-order valence-electron chi connectivity index (χ0n) is 4.72. The molecule has 2 N–H and O–H groups in total. The van der Waals surface area contributed by atoms with Crippen LogP contribution in [0.1, 0.15) is 6.42 Å². The van der Waals surface area contributed by atoms with Gasteiger partial charge in [0, 0.05) is 10.6 Å². The highest BCUT2D eigenvalue weighted by Crippen LogP contribution is 1.99. The number of nitrogens with two attached hydrogens (primary N) is 1. The molecule has 0 fully saturated rings. The van der Waals surface area contributed by atoms with Gasteiger partial charge < -0.3 is 5.73 Å². The van der Waals surface area contributed by atoms with Gasteiger partial charge in [0.05, 0.1) is 0 Å². The van der Waals surface area contributed by atoms with Gasteiger partial charge in [-0.25, -0.2) is 0 Å². The summed E-state index contributed by atoms with van der Waals surface area (Å²) in [6.45, 7) is 0.680. The van der Waals surface area contributed by atoms with Gasteiger partial charge in [0.15, 0.2) is 0 Å². The smallest absolute Gasteiger partial charge is 0.0488 e. The van der Waals surface area contributed by atoms with Gasteiger partial charge in [0.25, 0.3) is 0 Å². The first kappa shape index (κ1) is 11.5. The third-order valence-electron chi connectivity index (χ3n) is 0.576. The maximum absolute atomic E-state index is 5.20. The first-order valence-electron chi connectivity index (χ1n) is 2.08. The Morgan fingerprint density at radius 2 is 2.25 bits per heavy atom. The van der Waals surface area contributed by atoms with Crippen molar-refractivity contribution in [3.8, 4) is 0 Å². The molecular formula is C4H10ClNS2. The van der Waals surface area contributed by atoms with Crippen molar-refractivity contribution in [2.75, 3.05) is 12.8 Å². The van der Waals surface area contributed by atoms with Crippen LogP contribution in [0.25, 0.3) is 0 Å². The Labute approximate surface area is 65.8 Å². The average molecular weight is 172 g/mol. The molecule has 0 heterocycles. The van der Waals surface area contributed by atoms with Crippen molar-refractivity contribution in [2.24, 2.45) is 5.73 Å². The minimum atomic E-state index is 0. The Balaban J connectivity index is 0. The van der Waals surface area contributed by atoms with Crippen LogP contribution in [0.15, 0.2) is 0 Å². The molecule has 0 aromatic carbocycles. The highest BCUT2D eigenvalue weighted by Gasteiger charge is 1.87. The van der Waals surface area contributed by atoms with Gasteiger partial charge in [-0.05, 0) is 12.8 Å². The van der Waals surface area contributed by atoms with Crippen molar-refractivity contribution in [1.29, 1.82) is 0 Å². The van der Waals surface area contributed by atoms with Gasteiger partial charge in [-0.1, -0.05) is 12.2 Å². The lowest BCUT2D eigenvalue weighted by atomic mass is 10.5. The largest absolute Gasteiger partial charge is 0.330 e. The molecule has 0 aromatic heterocycles. The number of hydrogen-bond acceptors (Lipinski definition) is 3. The Bertz CT molecular complexity index is 67.1. The van der Waals surface area contributed by atoms with E-state index < -0.39 is 0 Å². The number of rotatable bonds is 2. The van der Waals surface area contributed by atoms with E-state index in [-0.39, 0.29) is 12.4 Å². The summed E-state index contributed by atoms with van der Waals surface area (Å²) in [5.74, 6) is 0. The SMILES string of the molecule is CSC(=S)CCN.Cl. The van der Waals surface area contributed by atoms with Gasteiger partial charge in [-0.15, -0.1) is 24.2 Å². The standard InChI is InChI=1S/C4H9NS2.ClH/c1-7-4(6)2-3-5;/h2-3,5H2,1H3;1H. The van der Waals surface area contributed by atoms with E-state index in [1.54, 1.807) is 11.8 Å². The molecule has 0 aliphatic rings. The summed E-state index contributed by atoms with van der Waals surface area (Å²) in [6, 6.07) is 0. The molecule has 4 heteroatoms. The molecule has 0 radical (unpaired) electrons. The molecule has 0 spiro atoms. The molecule has 0 unspecified atom stereocenters. The van der Waals surface area contributed by atoms with E-state index in [0.717, 1.165) is 10.6 Å². The van der Waals surface area contributed by atoms with Crippen LogP contribution in [0.4, 0.5) is 0 Å². The summed E-state index contributed by atoms with van der Waals surface area (Å²) in [4.78, 5) is 0. The fourth-order valence-electron chi connectivity index (χ4n) is 0.220. The van der Waals surface area contributed by atoms with E-state index in [0.29, 0.717) is 6.54 Å². The van der Waals surface area contributed by atoms with Crippen LogP contribution in [0, 0.1) is 0 Å². The molecule has 0 bridgehead atoms. The van der Waals surface area contributed by atoms with Gasteiger partial charge in [-0.3, -0.25) is 0 Å². The van der Waals surface area contributed by atoms with Crippen molar-refractivity contribution in [1.82, 2.24) is 0 Å². The van der Waals surface area contributed by atoms with Gasteiger partial charge in [0.2, 0.25) is 0 Å². The molecule has 0 atom stereocenters. The van der Waals surface area contributed by atoms with Crippen molar-refractivity contribution >= 4 is 40.6 Å². The van der Waals surface area contributed by atoms with Crippen molar-refractivity contribution in [3.05, 3.63) is 0 Å². The summed E-state index contributed by atoms with van der Waals surface area (Å²) in [5.41, 5.74) is 5.20. The van der Waals surface area contributed by atoms with E-state index in [9.17, 15) is 0 Å². The molecule has 0 aromatic rings. The lowest BCUT2D eigenvalue weighted by Crippen LogP contribution is -2.02. The topological polar surface area (TPSA) is 26.0 Å². The molecule has 0 amide bonds. The average Bonchev–Trinajstić information content (AvgIpc) is 1.68. The monoisotopic (exact) mass is 171 g/mol. The quantitative estimate of drug-likeness (QED) is 0.637. The minimum absolute atomic E-state index is 0. The van der Waals surface area contributed by atoms with E-state index >= 15 is 0 Å². The third-order valence-corrected chi connectivity index (χ3v) is 1.94. The lowest BCUT2D eigenvalue weighted by molar-refractivity contribution is 1.06. The van der Waals surface area contributed by atoms with Gasteiger partial charge in [-0.2, -0.15) is 0 Å². The van der Waals surface area contributed by atoms with Crippen molar-refractivity contribution < 1.29 is 0 Å². The Hall–Kier alpha value is 0.690. The van der Waals surface area contributed by atoms with Crippen LogP contribution in [-0.2, 0) is 0 Å². The number of halogens is 1. The van der Waals surface area contributed by atoms with Crippen molar-refractivity contribution in [2.45, 2.75) is 6.42 Å². The molecule has 0 aliphatic carbocycles. The molecule has 0 rings (SSSR count). The normalized spacial score (nSPS) is 7.75. The molecule has 0 aliphatic heterocycles. The molecule has 0 saturated heterocycles. The van der Waals surface area contributed by atoms with Gasteiger partial charge >= 0.3 is 0 Å². The summed E-state index contributed by atoms with van der Waals surface area (Å²) >= 11 is 6.44. The highest BCUT2D eigenvalue weighted by molar-refractivity contribution is 8.22. The second-order valence-electron chi connectivity index (χ2n) is 1.11. The van der Waals surface area contributed by atoms with E-state index in [1.165, 1.54) is 0 Å². The third kappa shape index (κ3) is 6.69. The number of thiocarbonyl (C=S) groups is 1. The maximum Gasteiger partial charge on any atom is 0.0488 e. The molecular weight excluding hydrogens is 162 g/mol. The van der Waals surface area contributed by atoms with Crippen LogP contribution in [-0.4, -0.2) is 17.0 Å². The molecule has 50 valence electrons. The predicted octanol–water partition coefficient (Wildman–Crippen LogP) is 1.45. The Morgan fingerprint density at radius 1 is 1.75 bits per heavy atom. The van der Waals surface area contributed by atoms with Gasteiger partial charge in [0.1, 0.15) is 0 Å². The fraction of sp³-hybridized carbons (Fsp3) is 0.750. The first-order chi connectivity index (χ1) is 3.31. The molecule has 8 heavy (non-hydrogen) atoms. The second kappa shape index (κ2) is 7.69.